The first-order valence-electron chi connectivity index (χ1n) is 8.15. The summed E-state index contributed by atoms with van der Waals surface area (Å²) >= 11 is 0. The Labute approximate surface area is 158 Å². The molecule has 27 heavy (non-hydrogen) atoms. The lowest BCUT2D eigenvalue weighted by Gasteiger charge is -2.16. The van der Waals surface area contributed by atoms with Gasteiger partial charge in [0, 0.05) is 16.7 Å². The smallest absolute Gasteiger partial charge is 0.328 e. The lowest BCUT2D eigenvalue weighted by molar-refractivity contribution is -0.145. The number of methoxy groups -OCH3 is 1. The fraction of sp³-hybridized carbons (Fsp3) is 0.263. The van der Waals surface area contributed by atoms with Gasteiger partial charge in [0.2, 0.25) is 5.91 Å². The Bertz CT molecular complexity index is 830. The van der Waals surface area contributed by atoms with Gasteiger partial charge in [0.05, 0.1) is 24.3 Å². The van der Waals surface area contributed by atoms with Gasteiger partial charge in [-0.15, -0.1) is 0 Å². The summed E-state index contributed by atoms with van der Waals surface area (Å²) in [7, 11) is -0.166. The van der Waals surface area contributed by atoms with Crippen molar-refractivity contribution < 1.29 is 27.3 Å². The number of ether oxygens (including phenoxy) is 1. The number of nitrogens with one attached hydrogen (secondary N) is 1. The third kappa shape index (κ3) is 6.25. The molecule has 0 aliphatic heterocycles. The Balaban J connectivity index is 1.98. The van der Waals surface area contributed by atoms with Crippen LogP contribution in [0.4, 0.5) is 8.78 Å². The molecule has 0 saturated heterocycles. The van der Waals surface area contributed by atoms with E-state index >= 15 is 0 Å². The first kappa shape index (κ1) is 20.7. The average Bonchev–Trinajstić information content (AvgIpc) is 2.67. The van der Waals surface area contributed by atoms with E-state index in [1.165, 1.54) is 13.2 Å². The highest BCUT2D eigenvalue weighted by Gasteiger charge is 2.23. The summed E-state index contributed by atoms with van der Waals surface area (Å²) in [5, 5.41) is 2.46. The number of carbonyl (C=O) groups is 2. The van der Waals surface area contributed by atoms with E-state index in [1.807, 2.05) is 0 Å². The minimum atomic E-state index is -1.34. The zero-order valence-corrected chi connectivity index (χ0v) is 15.4. The zero-order valence-electron chi connectivity index (χ0n) is 14.6. The van der Waals surface area contributed by atoms with Crippen molar-refractivity contribution in [1.29, 1.82) is 0 Å². The number of benzene rings is 2. The van der Waals surface area contributed by atoms with E-state index in [1.54, 1.807) is 30.3 Å². The Hall–Kier alpha value is -2.61. The highest BCUT2D eigenvalue weighted by atomic mass is 32.2. The third-order valence-electron chi connectivity index (χ3n) is 3.79. The van der Waals surface area contributed by atoms with Gasteiger partial charge in [0.1, 0.15) is 17.7 Å². The maximum atomic E-state index is 13.7. The van der Waals surface area contributed by atoms with Crippen molar-refractivity contribution in [3.8, 4) is 0 Å². The van der Waals surface area contributed by atoms with Crippen LogP contribution in [0.3, 0.4) is 0 Å². The van der Waals surface area contributed by atoms with Crippen LogP contribution < -0.4 is 5.32 Å². The molecule has 2 aromatic rings. The number of amides is 1. The molecule has 0 aromatic heterocycles. The lowest BCUT2D eigenvalue weighted by Crippen LogP contribution is -2.43. The Kier molecular flexibility index (Phi) is 7.60. The van der Waals surface area contributed by atoms with Gasteiger partial charge in [-0.25, -0.2) is 13.6 Å². The molecule has 144 valence electrons. The van der Waals surface area contributed by atoms with Gasteiger partial charge in [-0.1, -0.05) is 24.3 Å². The lowest BCUT2D eigenvalue weighted by atomic mass is 10.1. The topological polar surface area (TPSA) is 72.5 Å². The number of hydrogen-bond acceptors (Lipinski definition) is 4. The van der Waals surface area contributed by atoms with Gasteiger partial charge >= 0.3 is 5.97 Å². The van der Waals surface area contributed by atoms with Gasteiger partial charge in [0.15, 0.2) is 0 Å². The molecule has 0 aliphatic carbocycles. The van der Waals surface area contributed by atoms with Gasteiger partial charge in [0.25, 0.3) is 0 Å². The molecule has 2 atom stereocenters. The minimum Gasteiger partial charge on any atom is -0.467 e. The first-order chi connectivity index (χ1) is 12.9. The van der Waals surface area contributed by atoms with Gasteiger partial charge < -0.3 is 10.1 Å². The van der Waals surface area contributed by atoms with Crippen LogP contribution in [0.1, 0.15) is 12.0 Å². The van der Waals surface area contributed by atoms with Crippen molar-refractivity contribution in [1.82, 2.24) is 5.32 Å². The van der Waals surface area contributed by atoms with Crippen LogP contribution >= 0.6 is 0 Å². The van der Waals surface area contributed by atoms with Gasteiger partial charge in [-0.05, 0) is 30.2 Å². The van der Waals surface area contributed by atoms with E-state index in [-0.39, 0.29) is 24.2 Å². The van der Waals surface area contributed by atoms with E-state index in [4.69, 9.17) is 0 Å². The molecule has 5 nitrogen and oxygen atoms in total. The fourth-order valence-electron chi connectivity index (χ4n) is 2.39. The standard InChI is InChI=1S/C19H19F2NO4S/c1-26-19(24)17(9-10-27(25)15-5-3-2-4-6-15)22-18(23)11-13-7-8-14(20)12-16(13)21/h2-8,12,17H,9-11H2,1H3,(H,22,23)/t17-,27+/m1/s1. The molecule has 0 heterocycles. The Morgan fingerprint density at radius 3 is 2.48 bits per heavy atom. The summed E-state index contributed by atoms with van der Waals surface area (Å²) < 4.78 is 43.5. The molecule has 8 heteroatoms. The summed E-state index contributed by atoms with van der Waals surface area (Å²) in [6.45, 7) is 0. The molecule has 0 aliphatic rings. The number of esters is 1. The predicted molar refractivity (Wildman–Crippen MR) is 96.3 cm³/mol. The summed E-state index contributed by atoms with van der Waals surface area (Å²) in [6, 6.07) is 10.6. The molecule has 0 bridgehead atoms. The Morgan fingerprint density at radius 1 is 1.15 bits per heavy atom. The second kappa shape index (κ2) is 9.91. The average molecular weight is 395 g/mol. The van der Waals surface area contributed by atoms with E-state index in [2.05, 4.69) is 10.1 Å². The molecule has 0 spiro atoms. The zero-order chi connectivity index (χ0) is 19.8. The molecule has 2 rings (SSSR count). The predicted octanol–water partition coefficient (Wildman–Crippen LogP) is 2.36. The quantitative estimate of drug-likeness (QED) is 0.697. The fourth-order valence-corrected chi connectivity index (χ4v) is 3.54. The third-order valence-corrected chi connectivity index (χ3v) is 5.19. The summed E-state index contributed by atoms with van der Waals surface area (Å²) in [4.78, 5) is 24.7. The van der Waals surface area contributed by atoms with Crippen LogP contribution in [-0.4, -0.2) is 35.0 Å². The highest BCUT2D eigenvalue weighted by Crippen LogP contribution is 2.11. The highest BCUT2D eigenvalue weighted by molar-refractivity contribution is 7.85. The summed E-state index contributed by atoms with van der Waals surface area (Å²) in [6.07, 6.45) is -0.271. The maximum Gasteiger partial charge on any atom is 0.328 e. The van der Waals surface area contributed by atoms with Crippen molar-refractivity contribution in [2.45, 2.75) is 23.8 Å². The van der Waals surface area contributed by atoms with E-state index in [0.29, 0.717) is 11.0 Å². The van der Waals surface area contributed by atoms with Crippen LogP contribution in [0, 0.1) is 11.6 Å². The van der Waals surface area contributed by atoms with E-state index in [9.17, 15) is 22.6 Å². The molecular weight excluding hydrogens is 376 g/mol. The van der Waals surface area contributed by atoms with Crippen LogP contribution in [0.15, 0.2) is 53.4 Å². The molecule has 0 radical (unpaired) electrons. The maximum absolute atomic E-state index is 13.7. The molecular formula is C19H19F2NO4S. The summed E-state index contributed by atoms with van der Waals surface area (Å²) in [5.41, 5.74) is 0.00498. The van der Waals surface area contributed by atoms with Crippen molar-refractivity contribution in [3.05, 3.63) is 65.7 Å². The number of halogens is 2. The van der Waals surface area contributed by atoms with Crippen molar-refractivity contribution >= 4 is 22.7 Å². The van der Waals surface area contributed by atoms with Crippen molar-refractivity contribution in [3.63, 3.8) is 0 Å². The van der Waals surface area contributed by atoms with Crippen LogP contribution in [-0.2, 0) is 31.5 Å². The second-order valence-electron chi connectivity index (χ2n) is 5.71. The van der Waals surface area contributed by atoms with Crippen molar-refractivity contribution in [2.75, 3.05) is 12.9 Å². The molecule has 2 aromatic carbocycles. The molecule has 0 fully saturated rings. The number of rotatable bonds is 8. The second-order valence-corrected chi connectivity index (χ2v) is 7.28. The van der Waals surface area contributed by atoms with Gasteiger partial charge in [-0.2, -0.15) is 0 Å². The number of carbonyl (C=O) groups excluding carboxylic acids is 2. The SMILES string of the molecule is COC(=O)[C@@H](CC[S@](=O)c1ccccc1)NC(=O)Cc1ccc(F)cc1F. The first-order valence-corrected chi connectivity index (χ1v) is 9.47. The monoisotopic (exact) mass is 395 g/mol. The van der Waals surface area contributed by atoms with Gasteiger partial charge in [-0.3, -0.25) is 9.00 Å². The van der Waals surface area contributed by atoms with Crippen molar-refractivity contribution in [2.24, 2.45) is 0 Å². The molecule has 1 N–H and O–H groups in total. The Morgan fingerprint density at radius 2 is 1.85 bits per heavy atom. The molecule has 1 amide bonds. The number of hydrogen-bond donors (Lipinski definition) is 1. The van der Waals surface area contributed by atoms with Crippen LogP contribution in [0.25, 0.3) is 0 Å². The normalized spacial score (nSPS) is 12.9. The van der Waals surface area contributed by atoms with E-state index < -0.39 is 40.4 Å². The molecule has 0 saturated carbocycles. The minimum absolute atomic E-state index is 0.00498. The van der Waals surface area contributed by atoms with Crippen LogP contribution in [0.5, 0.6) is 0 Å². The summed E-state index contributed by atoms with van der Waals surface area (Å²) in [5.74, 6) is -2.76. The van der Waals surface area contributed by atoms with E-state index in [0.717, 1.165) is 6.07 Å². The largest absolute Gasteiger partial charge is 0.467 e. The molecule has 0 unspecified atom stereocenters. The van der Waals surface area contributed by atoms with Crippen LogP contribution in [0.2, 0.25) is 0 Å².